The topological polar surface area (TPSA) is 67.2 Å². The summed E-state index contributed by atoms with van der Waals surface area (Å²) >= 11 is 0. The predicted molar refractivity (Wildman–Crippen MR) is 102 cm³/mol. The molecule has 1 aliphatic rings. The third kappa shape index (κ3) is 3.48. The number of carbonyl (C=O) groups is 1. The number of nitrogens with zero attached hydrogens (tertiary/aromatic N) is 1. The van der Waals surface area contributed by atoms with Crippen molar-refractivity contribution in [3.05, 3.63) is 64.5 Å². The lowest BCUT2D eigenvalue weighted by atomic mass is 10.00. The number of benzene rings is 2. The normalized spacial score (nSPS) is 14.0. The summed E-state index contributed by atoms with van der Waals surface area (Å²) in [6.45, 7) is 4.49. The summed E-state index contributed by atoms with van der Waals surface area (Å²) in [5, 5.41) is 6.37. The highest BCUT2D eigenvalue weighted by atomic mass is 16.3. The highest BCUT2D eigenvalue weighted by Gasteiger charge is 2.12. The van der Waals surface area contributed by atoms with Crippen molar-refractivity contribution in [3.63, 3.8) is 0 Å². The maximum atomic E-state index is 12.5. The molecule has 2 N–H and O–H groups in total. The highest BCUT2D eigenvalue weighted by molar-refractivity contribution is 5.94. The molecule has 0 atom stereocenters. The van der Waals surface area contributed by atoms with E-state index in [1.54, 1.807) is 0 Å². The van der Waals surface area contributed by atoms with E-state index in [0.717, 1.165) is 48.2 Å². The van der Waals surface area contributed by atoms with Crippen LogP contribution in [-0.4, -0.2) is 30.5 Å². The van der Waals surface area contributed by atoms with Crippen molar-refractivity contribution >= 4 is 17.0 Å². The number of hydrogen-bond acceptors (Lipinski definition) is 4. The van der Waals surface area contributed by atoms with Crippen LogP contribution in [0.5, 0.6) is 0 Å². The first kappa shape index (κ1) is 16.8. The molecule has 26 heavy (non-hydrogen) atoms. The van der Waals surface area contributed by atoms with E-state index in [9.17, 15) is 4.79 Å². The number of para-hydroxylation sites is 1. The lowest BCUT2D eigenvalue weighted by molar-refractivity contribution is 0.0953. The summed E-state index contributed by atoms with van der Waals surface area (Å²) in [4.78, 5) is 17.0. The van der Waals surface area contributed by atoms with Crippen LogP contribution in [-0.2, 0) is 19.3 Å². The quantitative estimate of drug-likeness (QED) is 0.760. The molecular formula is C21H23N3O2. The van der Waals surface area contributed by atoms with Gasteiger partial charge in [-0.2, -0.15) is 0 Å². The van der Waals surface area contributed by atoms with Crippen molar-refractivity contribution in [2.75, 3.05) is 19.6 Å². The smallest absolute Gasteiger partial charge is 0.251 e. The van der Waals surface area contributed by atoms with E-state index < -0.39 is 0 Å². The Hall–Kier alpha value is -2.66. The minimum Gasteiger partial charge on any atom is -0.441 e. The number of nitrogens with one attached hydrogen (secondary N) is 2. The fraction of sp³-hybridized carbons (Fsp3) is 0.333. The van der Waals surface area contributed by atoms with Gasteiger partial charge in [0.1, 0.15) is 5.52 Å². The zero-order valence-corrected chi connectivity index (χ0v) is 15.0. The molecule has 1 aliphatic heterocycles. The van der Waals surface area contributed by atoms with Crippen LogP contribution in [0.25, 0.3) is 11.1 Å². The third-order valence-electron chi connectivity index (χ3n) is 4.90. The van der Waals surface area contributed by atoms with Crippen molar-refractivity contribution < 1.29 is 9.21 Å². The molecule has 0 saturated carbocycles. The number of aryl methyl sites for hydroxylation is 1. The van der Waals surface area contributed by atoms with Gasteiger partial charge in [0.15, 0.2) is 11.5 Å². The lowest BCUT2D eigenvalue weighted by Gasteiger charge is -2.09. The van der Waals surface area contributed by atoms with Crippen LogP contribution in [0.4, 0.5) is 0 Å². The molecule has 5 nitrogen and oxygen atoms in total. The number of hydrogen-bond donors (Lipinski definition) is 2. The standard InChI is InChI=1S/C21H23N3O2/c1-14-3-2-4-18-20(14)24-19(26-18)9-12-23-21(25)17-6-5-15-7-10-22-11-8-16(15)13-17/h2-6,13,22H,7-12H2,1H3,(H,23,25). The van der Waals surface area contributed by atoms with E-state index in [4.69, 9.17) is 4.42 Å². The van der Waals surface area contributed by atoms with E-state index in [0.29, 0.717) is 18.9 Å². The van der Waals surface area contributed by atoms with Crippen LogP contribution in [0, 0.1) is 6.92 Å². The molecule has 0 spiro atoms. The average molecular weight is 349 g/mol. The summed E-state index contributed by atoms with van der Waals surface area (Å²) in [7, 11) is 0. The SMILES string of the molecule is Cc1cccc2oc(CCNC(=O)c3ccc4c(c3)CCNCC4)nc12. The Kier molecular flexibility index (Phi) is 4.71. The molecule has 0 radical (unpaired) electrons. The van der Waals surface area contributed by atoms with Crippen LogP contribution in [0.15, 0.2) is 40.8 Å². The molecule has 134 valence electrons. The molecule has 0 bridgehead atoms. The Morgan fingerprint density at radius 1 is 1.19 bits per heavy atom. The van der Waals surface area contributed by atoms with Gasteiger partial charge in [0, 0.05) is 18.5 Å². The zero-order valence-electron chi connectivity index (χ0n) is 15.0. The molecule has 2 aromatic carbocycles. The number of oxazole rings is 1. The van der Waals surface area contributed by atoms with Gasteiger partial charge in [-0.15, -0.1) is 0 Å². The second-order valence-corrected chi connectivity index (χ2v) is 6.77. The molecule has 2 heterocycles. The van der Waals surface area contributed by atoms with Gasteiger partial charge in [0.2, 0.25) is 0 Å². The fourth-order valence-corrected chi connectivity index (χ4v) is 3.44. The van der Waals surface area contributed by atoms with Crippen molar-refractivity contribution in [2.24, 2.45) is 0 Å². The molecular weight excluding hydrogens is 326 g/mol. The predicted octanol–water partition coefficient (Wildman–Crippen LogP) is 2.80. The maximum Gasteiger partial charge on any atom is 0.251 e. The second-order valence-electron chi connectivity index (χ2n) is 6.77. The van der Waals surface area contributed by atoms with Crippen LogP contribution in [0.1, 0.15) is 32.9 Å². The van der Waals surface area contributed by atoms with Crippen LogP contribution < -0.4 is 10.6 Å². The lowest BCUT2D eigenvalue weighted by Crippen LogP contribution is -2.26. The van der Waals surface area contributed by atoms with Gasteiger partial charge in [-0.05, 0) is 67.7 Å². The highest BCUT2D eigenvalue weighted by Crippen LogP contribution is 2.19. The minimum atomic E-state index is -0.0442. The second kappa shape index (κ2) is 7.30. The first-order chi connectivity index (χ1) is 12.7. The van der Waals surface area contributed by atoms with Crippen molar-refractivity contribution in [3.8, 4) is 0 Å². The number of aromatic nitrogens is 1. The summed E-state index contributed by atoms with van der Waals surface area (Å²) in [6, 6.07) is 11.9. The van der Waals surface area contributed by atoms with E-state index in [1.165, 1.54) is 11.1 Å². The van der Waals surface area contributed by atoms with E-state index in [-0.39, 0.29) is 5.91 Å². The summed E-state index contributed by atoms with van der Waals surface area (Å²) in [5.41, 5.74) is 6.13. The summed E-state index contributed by atoms with van der Waals surface area (Å²) < 4.78 is 5.76. The van der Waals surface area contributed by atoms with E-state index in [1.807, 2.05) is 37.3 Å². The zero-order chi connectivity index (χ0) is 17.9. The number of amides is 1. The largest absolute Gasteiger partial charge is 0.441 e. The third-order valence-corrected chi connectivity index (χ3v) is 4.90. The van der Waals surface area contributed by atoms with Gasteiger partial charge in [-0.1, -0.05) is 18.2 Å². The van der Waals surface area contributed by atoms with Crippen LogP contribution in [0.2, 0.25) is 0 Å². The van der Waals surface area contributed by atoms with Gasteiger partial charge in [0.25, 0.3) is 5.91 Å². The molecule has 5 heteroatoms. The number of rotatable bonds is 4. The average Bonchev–Trinajstić information content (AvgIpc) is 2.92. The van der Waals surface area contributed by atoms with E-state index in [2.05, 4.69) is 21.7 Å². The fourth-order valence-electron chi connectivity index (χ4n) is 3.44. The van der Waals surface area contributed by atoms with Gasteiger partial charge in [0.05, 0.1) is 0 Å². The Balaban J connectivity index is 1.39. The Morgan fingerprint density at radius 2 is 2.04 bits per heavy atom. The first-order valence-corrected chi connectivity index (χ1v) is 9.16. The maximum absolute atomic E-state index is 12.5. The molecule has 1 amide bonds. The van der Waals surface area contributed by atoms with Gasteiger partial charge < -0.3 is 15.1 Å². The molecule has 0 aliphatic carbocycles. The van der Waals surface area contributed by atoms with Crippen molar-refractivity contribution in [2.45, 2.75) is 26.2 Å². The Bertz CT molecular complexity index is 946. The summed E-state index contributed by atoms with van der Waals surface area (Å²) in [6.07, 6.45) is 2.57. The number of carbonyl (C=O) groups excluding carboxylic acids is 1. The summed E-state index contributed by atoms with van der Waals surface area (Å²) in [5.74, 6) is 0.611. The van der Waals surface area contributed by atoms with E-state index >= 15 is 0 Å². The molecule has 1 aromatic heterocycles. The first-order valence-electron chi connectivity index (χ1n) is 9.16. The van der Waals surface area contributed by atoms with Crippen LogP contribution in [0.3, 0.4) is 0 Å². The monoisotopic (exact) mass is 349 g/mol. The molecule has 0 saturated heterocycles. The minimum absolute atomic E-state index is 0.0442. The van der Waals surface area contributed by atoms with Crippen LogP contribution >= 0.6 is 0 Å². The molecule has 4 rings (SSSR count). The van der Waals surface area contributed by atoms with Crippen molar-refractivity contribution in [1.29, 1.82) is 0 Å². The van der Waals surface area contributed by atoms with Gasteiger partial charge >= 0.3 is 0 Å². The molecule has 0 unspecified atom stereocenters. The molecule has 3 aromatic rings. The Morgan fingerprint density at radius 3 is 2.88 bits per heavy atom. The van der Waals surface area contributed by atoms with Crippen molar-refractivity contribution in [1.82, 2.24) is 15.6 Å². The number of fused-ring (bicyclic) bond motifs is 2. The Labute approximate surface area is 152 Å². The molecule has 0 fully saturated rings. The van der Waals surface area contributed by atoms with Gasteiger partial charge in [-0.3, -0.25) is 4.79 Å². The van der Waals surface area contributed by atoms with Gasteiger partial charge in [-0.25, -0.2) is 4.98 Å².